The molecule has 9 aliphatic rings. The van der Waals surface area contributed by atoms with Crippen LogP contribution in [0.3, 0.4) is 0 Å². The highest BCUT2D eigenvalue weighted by molar-refractivity contribution is 7.15. The zero-order chi connectivity index (χ0) is 104. The van der Waals surface area contributed by atoms with E-state index in [1.807, 2.05) is 183 Å². The van der Waals surface area contributed by atoms with E-state index in [9.17, 15) is 38.4 Å². The van der Waals surface area contributed by atoms with Gasteiger partial charge < -0.3 is 62.3 Å². The number of Topliss-reactive ketones (excluding diaryl/α,β-unsaturated/α-hetero) is 1. The molecule has 6 atom stereocenters. The lowest BCUT2D eigenvalue weighted by Crippen LogP contribution is -2.52. The van der Waals surface area contributed by atoms with Gasteiger partial charge in [0.2, 0.25) is 0 Å². The van der Waals surface area contributed by atoms with E-state index >= 15 is 0 Å². The molecule has 11 heterocycles. The number of aromatic nitrogens is 2. The molecule has 2 aromatic heterocycles. The molecule has 6 fully saturated rings. The van der Waals surface area contributed by atoms with E-state index in [1.54, 1.807) is 56.9 Å². The number of aliphatic carboxylic acids is 2. The summed E-state index contributed by atoms with van der Waals surface area (Å²) in [5, 5.41) is 35.0. The number of aromatic carboxylic acids is 1. The average molecular weight is 1980 g/mol. The van der Waals surface area contributed by atoms with Crippen molar-refractivity contribution in [3.8, 4) is 20.9 Å². The first kappa shape index (κ1) is 110. The van der Waals surface area contributed by atoms with Gasteiger partial charge in [0.15, 0.2) is 11.5 Å². The van der Waals surface area contributed by atoms with Crippen LogP contribution in [0.5, 0.6) is 0 Å². The Kier molecular flexibility index (Phi) is 35.1. The van der Waals surface area contributed by atoms with E-state index in [0.717, 1.165) is 161 Å². The molecule has 7 aromatic carbocycles. The number of para-hydroxylation sites is 2. The Bertz CT molecular complexity index is 6170. The molecule has 0 radical (unpaired) electrons. The van der Waals surface area contributed by atoms with Gasteiger partial charge in [-0.1, -0.05) is 127 Å². The van der Waals surface area contributed by atoms with Crippen molar-refractivity contribution >= 4 is 122 Å². The molecule has 6 saturated heterocycles. The summed E-state index contributed by atoms with van der Waals surface area (Å²) in [4.78, 5) is 128. The molecule has 9 aromatic rings. The summed E-state index contributed by atoms with van der Waals surface area (Å²) >= 11 is 2.99. The number of carbonyl (C=O) groups excluding carboxylic acids is 5. The topological polar surface area (TPSA) is 403 Å². The number of nitrogen functional groups attached to an aromatic ring is 3. The summed E-state index contributed by atoms with van der Waals surface area (Å²) in [5.74, 6) is -2.66. The monoisotopic (exact) mass is 1980 g/mol. The van der Waals surface area contributed by atoms with Crippen LogP contribution in [0.4, 0.5) is 48.5 Å². The van der Waals surface area contributed by atoms with Gasteiger partial charge in [-0.05, 0) is 328 Å². The number of nitrogens with one attached hydrogen (secondary N) is 2. The number of thiazole rings is 2. The number of hydrogen-bond donors (Lipinski definition) is 8. The summed E-state index contributed by atoms with van der Waals surface area (Å²) in [5.41, 5.74) is 34.6. The number of fused-ring (bicyclic) bond motifs is 3. The predicted molar refractivity (Wildman–Crippen MR) is 569 cm³/mol. The number of carbonyl (C=O) groups is 8. The third kappa shape index (κ3) is 26.3. The minimum Gasteiger partial charge on any atom is -0.480 e. The van der Waals surface area contributed by atoms with Gasteiger partial charge >= 0.3 is 36.2 Å². The number of aryl methyl sites for hydroxylation is 7. The molecule has 9 aliphatic heterocycles. The number of amides is 4. The molecule has 0 saturated carbocycles. The number of rotatable bonds is 12. The highest BCUT2D eigenvalue weighted by Gasteiger charge is 2.52. The molecule has 142 heavy (non-hydrogen) atoms. The van der Waals surface area contributed by atoms with Crippen molar-refractivity contribution in [3.63, 3.8) is 0 Å². The van der Waals surface area contributed by atoms with Gasteiger partial charge in [-0.3, -0.25) is 44.1 Å². The van der Waals surface area contributed by atoms with Crippen LogP contribution in [-0.4, -0.2) is 199 Å². The van der Waals surface area contributed by atoms with E-state index in [0.29, 0.717) is 55.1 Å². The van der Waals surface area contributed by atoms with Crippen LogP contribution < -0.4 is 27.8 Å². The van der Waals surface area contributed by atoms with E-state index in [2.05, 4.69) is 111 Å². The van der Waals surface area contributed by atoms with Gasteiger partial charge in [-0.2, -0.15) is 0 Å². The molecule has 0 unspecified atom stereocenters. The standard InChI is InChI=1S/C25H25N3OS.C19H28N2O3.C19H26N2O2.C14H18N2.C11H19NO4.C11H9NO2S.C7H10N2.C6H11NO2/c1-16-9-7-12-20-19(16)15-21(27-20)25(3)13-8-14-28(25)24(29)22-23(30-17(2)26-22)18-10-5-4-6-11-18;1-13-8-6-9-14(16(13)20)12-15(22)19(5)10-7-11-21(19)17(23)24-18(2,3)4;1-13-8-6-9-15-14(13)12-16(20-15)19(5)10-7-11-21(19)17(22)23-18(2,3)4;1-10-5-3-6-12-11(10)9-13(16-12)14(2)7-4-8-15-14;1-10(2,3)16-9(15)12-7-5-6-11(12,4)8(13)14;1-7-12-9(11(13)14)10(15-7)8-5-3-2-4-6-8;1-5-3-2-4-6(8)7(5)9;1-6(5(8)9)3-2-4-7-6/h4-7,9-12H,8,13-15H2,1-3H3;6,8-9H,7,10-12,20H2,1-5H3;6,8-9H,7,10-12H2,1-5H3;3,5-6,15H,4,7-9H2,1-2H3;5-7H2,1-4H3,(H,13,14);2-6H,1H3,(H,13,14);2-4H,8-9H2,1H3;7H,2-4H2,1H3,(H,8,9)/t25-;2*19-;14-;11-;;;6-/m00000..0/s1. The second-order valence-corrected chi connectivity index (χ2v) is 44.7. The van der Waals surface area contributed by atoms with Crippen molar-refractivity contribution in [2.45, 2.75) is 305 Å². The number of aliphatic imine (C=N–C) groups is 3. The maximum absolute atomic E-state index is 13.8. The Morgan fingerprint density at radius 1 is 0.401 bits per heavy atom. The largest absolute Gasteiger partial charge is 0.480 e. The minimum atomic E-state index is -1.12. The molecule has 0 aliphatic carbocycles. The molecule has 4 amide bonds. The molecular weight excluding hydrogens is 1830 g/mol. The second-order valence-electron chi connectivity index (χ2n) is 42.3. The smallest absolute Gasteiger partial charge is 0.411 e. The molecule has 30 heteroatoms. The van der Waals surface area contributed by atoms with Crippen LogP contribution in [0.2, 0.25) is 0 Å². The molecule has 760 valence electrons. The van der Waals surface area contributed by atoms with Gasteiger partial charge in [0, 0.05) is 74.7 Å². The molecule has 18 rings (SSSR count). The first-order chi connectivity index (χ1) is 66.6. The van der Waals surface area contributed by atoms with Gasteiger partial charge in [-0.15, -0.1) is 22.7 Å². The highest BCUT2D eigenvalue weighted by Crippen LogP contribution is 2.45. The fraction of sp³-hybridized carbons (Fsp3) is 0.473. The number of nitrogens with two attached hydrogens (primary N) is 3. The molecule has 0 spiro atoms. The van der Waals surface area contributed by atoms with Crippen LogP contribution in [0.1, 0.15) is 262 Å². The van der Waals surface area contributed by atoms with E-state index in [-0.39, 0.29) is 46.5 Å². The van der Waals surface area contributed by atoms with Crippen molar-refractivity contribution in [2.75, 3.05) is 56.5 Å². The van der Waals surface area contributed by atoms with Crippen LogP contribution >= 0.6 is 22.7 Å². The Hall–Kier alpha value is -12.5. The molecule has 0 bridgehead atoms. The zero-order valence-corrected chi connectivity index (χ0v) is 88.5. The van der Waals surface area contributed by atoms with Crippen molar-refractivity contribution in [3.05, 3.63) is 223 Å². The van der Waals surface area contributed by atoms with E-state index in [4.69, 9.17) is 61.7 Å². The maximum atomic E-state index is 13.8. The number of likely N-dealkylation sites (tertiary alicyclic amines) is 4. The first-order valence-electron chi connectivity index (χ1n) is 49.2. The number of benzene rings is 7. The normalized spacial score (nSPS) is 21.6. The average Bonchev–Trinajstić information content (AvgIpc) is 1.60. The third-order valence-electron chi connectivity index (χ3n) is 27.8. The van der Waals surface area contributed by atoms with E-state index in [1.165, 1.54) is 73.9 Å². The number of nitrogens with zero attached hydrogens (tertiary/aromatic N) is 9. The number of hydrogen-bond acceptors (Lipinski definition) is 23. The summed E-state index contributed by atoms with van der Waals surface area (Å²) in [7, 11) is 0. The van der Waals surface area contributed by atoms with Crippen LogP contribution in [-0.2, 0) is 54.3 Å². The lowest BCUT2D eigenvalue weighted by molar-refractivity contribution is -0.148. The van der Waals surface area contributed by atoms with Crippen molar-refractivity contribution in [1.82, 2.24) is 40.2 Å². The van der Waals surface area contributed by atoms with Gasteiger partial charge in [0.05, 0.1) is 64.8 Å². The maximum Gasteiger partial charge on any atom is 0.411 e. The summed E-state index contributed by atoms with van der Waals surface area (Å²) in [6, 6.07) is 49.8. The van der Waals surface area contributed by atoms with Gasteiger partial charge in [-0.25, -0.2) is 33.9 Å². The van der Waals surface area contributed by atoms with Crippen LogP contribution in [0, 0.1) is 48.5 Å². The van der Waals surface area contributed by atoms with E-state index < -0.39 is 63.5 Å². The number of carboxylic acids is 3. The van der Waals surface area contributed by atoms with Crippen LogP contribution in [0.25, 0.3) is 20.9 Å². The molecular formula is C112H146N14O14S2. The number of ketones is 1. The second kappa shape index (κ2) is 45.4. The first-order valence-corrected chi connectivity index (χ1v) is 50.8. The fourth-order valence-electron chi connectivity index (χ4n) is 19.2. The van der Waals surface area contributed by atoms with Crippen LogP contribution in [0.15, 0.2) is 167 Å². The minimum absolute atomic E-state index is 0.00293. The Balaban J connectivity index is 0.000000159. The summed E-state index contributed by atoms with van der Waals surface area (Å²) in [6.07, 6.45) is 12.4. The van der Waals surface area contributed by atoms with Gasteiger partial charge in [0.1, 0.15) is 39.1 Å². The summed E-state index contributed by atoms with van der Waals surface area (Å²) < 4.78 is 16.3. The quantitative estimate of drug-likeness (QED) is 0.0416. The SMILES string of the molecule is CC(C)(C)OC(=O)N1CCC[C@@]1(C)C(=O)O.C[C@@]1(C(=O)O)CCCN1.Cc1cccc(CC(=O)[C@]2(C)CCCN2C(=O)OC(C)(C)C)c1N.Cc1cccc(N)c1N.Cc1cccc2c1CC([C@]1(C)CCCN1)=N2.Cc1cccc2c1CC([C@]1(C)CCCN1C(=O)OC(C)(C)C)=N2.Cc1nc(C(=O)N2CCC[C@@]2(C)C2=Nc3cccc(C)c3C2)c(-c2ccccc2)s1.Cc1nc(C(=O)O)c(-c2ccccc2)s1. The zero-order valence-electron chi connectivity index (χ0n) is 86.9. The highest BCUT2D eigenvalue weighted by atomic mass is 32.1. The van der Waals surface area contributed by atoms with Crippen molar-refractivity contribution < 1.29 is 67.9 Å². The lowest BCUT2D eigenvalue weighted by Gasteiger charge is -2.36. The number of ether oxygens (including phenoxy) is 3. The number of carboxylic acid groups (broad SMARTS) is 3. The number of anilines is 3. The summed E-state index contributed by atoms with van der Waals surface area (Å²) in [6.45, 7) is 46.7. The van der Waals surface area contributed by atoms with Crippen molar-refractivity contribution in [2.24, 2.45) is 15.0 Å². The van der Waals surface area contributed by atoms with Crippen molar-refractivity contribution in [1.29, 1.82) is 0 Å². The Labute approximate surface area is 845 Å². The molecule has 28 nitrogen and oxygen atoms in total. The predicted octanol–water partition coefficient (Wildman–Crippen LogP) is 22.5. The Morgan fingerprint density at radius 2 is 0.782 bits per heavy atom. The Morgan fingerprint density at radius 3 is 1.20 bits per heavy atom. The fourth-order valence-corrected chi connectivity index (χ4v) is 21.0. The third-order valence-corrected chi connectivity index (χ3v) is 29.9. The van der Waals surface area contributed by atoms with Gasteiger partial charge in [0.25, 0.3) is 5.91 Å². The lowest BCUT2D eigenvalue weighted by atomic mass is 9.88. The molecule has 11 N–H and O–H groups in total.